The van der Waals surface area contributed by atoms with Crippen molar-refractivity contribution in [2.24, 2.45) is 11.7 Å². The summed E-state index contributed by atoms with van der Waals surface area (Å²) in [6.45, 7) is 2.56. The average Bonchev–Trinajstić information content (AvgIpc) is 3.08. The third-order valence-corrected chi connectivity index (χ3v) is 4.81. The van der Waals surface area contributed by atoms with E-state index in [1.807, 2.05) is 25.1 Å². The summed E-state index contributed by atoms with van der Waals surface area (Å²) in [7, 11) is 0. The van der Waals surface area contributed by atoms with E-state index >= 15 is 0 Å². The first-order valence-electron chi connectivity index (χ1n) is 8.30. The third-order valence-electron chi connectivity index (χ3n) is 4.81. The van der Waals surface area contributed by atoms with Crippen LogP contribution in [-0.2, 0) is 0 Å². The molecule has 1 saturated carbocycles. The van der Waals surface area contributed by atoms with Crippen LogP contribution in [0.1, 0.15) is 44.2 Å². The van der Waals surface area contributed by atoms with Gasteiger partial charge in [0, 0.05) is 5.56 Å². The summed E-state index contributed by atoms with van der Waals surface area (Å²) in [5.41, 5.74) is 7.43. The van der Waals surface area contributed by atoms with Crippen LogP contribution in [0.2, 0.25) is 0 Å². The van der Waals surface area contributed by atoms with E-state index in [0.717, 1.165) is 34.9 Å². The van der Waals surface area contributed by atoms with Gasteiger partial charge in [-0.2, -0.15) is 0 Å². The minimum atomic E-state index is -0.507. The number of hydrogen-bond donors (Lipinski definition) is 2. The van der Waals surface area contributed by atoms with Crippen molar-refractivity contribution in [2.75, 3.05) is 6.61 Å². The summed E-state index contributed by atoms with van der Waals surface area (Å²) in [4.78, 5) is 0. The Bertz CT molecular complexity index is 640. The molecule has 0 bridgehead atoms. The Morgan fingerprint density at radius 1 is 1.17 bits per heavy atom. The van der Waals surface area contributed by atoms with Crippen LogP contribution in [-0.4, -0.2) is 17.8 Å². The Labute approximate surface area is 144 Å². The number of aliphatic hydroxyl groups is 1. The van der Waals surface area contributed by atoms with E-state index in [4.69, 9.17) is 10.5 Å². The maximum atomic E-state index is 10.7. The number of fused-ring (bicyclic) bond motifs is 1. The summed E-state index contributed by atoms with van der Waals surface area (Å²) in [5.74, 6) is 1.11. The first-order valence-corrected chi connectivity index (χ1v) is 8.30. The van der Waals surface area contributed by atoms with Gasteiger partial charge in [-0.1, -0.05) is 43.2 Å². The van der Waals surface area contributed by atoms with Gasteiger partial charge in [0.15, 0.2) is 0 Å². The highest BCUT2D eigenvalue weighted by atomic mass is 35.5. The molecule has 2 aromatic rings. The molecule has 0 saturated heterocycles. The average molecular weight is 336 g/mol. The molecule has 2 atom stereocenters. The molecule has 126 valence electrons. The second kappa shape index (κ2) is 8.00. The van der Waals surface area contributed by atoms with Gasteiger partial charge in [-0.15, -0.1) is 12.4 Å². The number of hydrogen-bond acceptors (Lipinski definition) is 3. The van der Waals surface area contributed by atoms with E-state index in [9.17, 15) is 5.11 Å². The highest BCUT2D eigenvalue weighted by molar-refractivity contribution is 5.88. The van der Waals surface area contributed by atoms with Crippen LogP contribution in [0.5, 0.6) is 5.75 Å². The number of aliphatic hydroxyl groups excluding tert-OH is 1. The Balaban J connectivity index is 0.00000192. The van der Waals surface area contributed by atoms with E-state index in [1.54, 1.807) is 0 Å². The minimum absolute atomic E-state index is 0. The molecule has 23 heavy (non-hydrogen) atoms. The molecule has 0 aromatic heterocycles. The van der Waals surface area contributed by atoms with Crippen LogP contribution < -0.4 is 10.5 Å². The molecular weight excluding hydrogens is 310 g/mol. The molecule has 0 spiro atoms. The van der Waals surface area contributed by atoms with Crippen molar-refractivity contribution in [2.45, 2.75) is 44.8 Å². The third kappa shape index (κ3) is 3.63. The van der Waals surface area contributed by atoms with Gasteiger partial charge in [-0.3, -0.25) is 0 Å². The fourth-order valence-electron chi connectivity index (χ4n) is 3.66. The molecule has 0 heterocycles. The van der Waals surface area contributed by atoms with Crippen molar-refractivity contribution < 1.29 is 9.84 Å². The standard InChI is InChI=1S/C19H25NO2.ClH/c1-2-22-16-12-11-13-7-5-6-10-15(13)17(16)18(20)19(21)14-8-3-4-9-14;/h5-7,10-12,14,18-19,21H,2-4,8-9,20H2,1H3;1H/t18-,19+;/m1./s1. The molecule has 3 nitrogen and oxygen atoms in total. The zero-order valence-electron chi connectivity index (χ0n) is 13.6. The molecule has 0 radical (unpaired) electrons. The normalized spacial score (nSPS) is 17.7. The van der Waals surface area contributed by atoms with Crippen LogP contribution in [0, 0.1) is 5.92 Å². The van der Waals surface area contributed by atoms with E-state index in [2.05, 4.69) is 18.2 Å². The van der Waals surface area contributed by atoms with Crippen molar-refractivity contribution in [3.63, 3.8) is 0 Å². The van der Waals surface area contributed by atoms with Gasteiger partial charge in [0.25, 0.3) is 0 Å². The van der Waals surface area contributed by atoms with Crippen LogP contribution in [0.4, 0.5) is 0 Å². The first kappa shape index (κ1) is 18.1. The molecule has 1 aliphatic carbocycles. The van der Waals surface area contributed by atoms with Crippen LogP contribution in [0.3, 0.4) is 0 Å². The van der Waals surface area contributed by atoms with E-state index < -0.39 is 12.1 Å². The van der Waals surface area contributed by atoms with Crippen molar-refractivity contribution in [1.29, 1.82) is 0 Å². The number of halogens is 1. The highest BCUT2D eigenvalue weighted by Gasteiger charge is 2.31. The minimum Gasteiger partial charge on any atom is -0.494 e. The summed E-state index contributed by atoms with van der Waals surface area (Å²) >= 11 is 0. The zero-order chi connectivity index (χ0) is 15.5. The molecule has 4 heteroatoms. The SMILES string of the molecule is CCOc1ccc2ccccc2c1[C@@H](N)[C@@H](O)C1CCCC1.Cl. The van der Waals surface area contributed by atoms with Gasteiger partial charge >= 0.3 is 0 Å². The van der Waals surface area contributed by atoms with Crippen LogP contribution in [0.25, 0.3) is 10.8 Å². The zero-order valence-corrected chi connectivity index (χ0v) is 14.4. The Kier molecular flexibility index (Phi) is 6.28. The van der Waals surface area contributed by atoms with E-state index in [-0.39, 0.29) is 12.4 Å². The van der Waals surface area contributed by atoms with Gasteiger partial charge < -0.3 is 15.6 Å². The number of rotatable bonds is 5. The van der Waals surface area contributed by atoms with Gasteiger partial charge in [-0.05, 0) is 42.5 Å². The van der Waals surface area contributed by atoms with Crippen molar-refractivity contribution in [1.82, 2.24) is 0 Å². The summed E-state index contributed by atoms with van der Waals surface area (Å²) < 4.78 is 5.79. The summed E-state index contributed by atoms with van der Waals surface area (Å²) in [5, 5.41) is 13.0. The molecule has 3 rings (SSSR count). The second-order valence-electron chi connectivity index (χ2n) is 6.19. The Hall–Kier alpha value is -1.29. The lowest BCUT2D eigenvalue weighted by molar-refractivity contribution is 0.0838. The lowest BCUT2D eigenvalue weighted by atomic mass is 9.88. The molecule has 1 aliphatic rings. The topological polar surface area (TPSA) is 55.5 Å². The molecule has 1 fully saturated rings. The van der Waals surface area contributed by atoms with E-state index in [1.165, 1.54) is 12.8 Å². The molecule has 2 aromatic carbocycles. The molecule has 3 N–H and O–H groups in total. The van der Waals surface area contributed by atoms with Crippen molar-refractivity contribution >= 4 is 23.2 Å². The van der Waals surface area contributed by atoms with Crippen LogP contribution >= 0.6 is 12.4 Å². The number of ether oxygens (including phenoxy) is 1. The molecule has 0 amide bonds. The van der Waals surface area contributed by atoms with Crippen LogP contribution in [0.15, 0.2) is 36.4 Å². The van der Waals surface area contributed by atoms with Gasteiger partial charge in [0.1, 0.15) is 5.75 Å². The molecular formula is C19H26ClNO2. The fourth-order valence-corrected chi connectivity index (χ4v) is 3.66. The lowest BCUT2D eigenvalue weighted by Crippen LogP contribution is -2.32. The quantitative estimate of drug-likeness (QED) is 0.860. The number of nitrogens with two attached hydrogens (primary N) is 1. The number of benzene rings is 2. The highest BCUT2D eigenvalue weighted by Crippen LogP contribution is 2.38. The maximum absolute atomic E-state index is 10.7. The van der Waals surface area contributed by atoms with E-state index in [0.29, 0.717) is 12.5 Å². The summed E-state index contributed by atoms with van der Waals surface area (Å²) in [6, 6.07) is 11.8. The second-order valence-corrected chi connectivity index (χ2v) is 6.19. The van der Waals surface area contributed by atoms with Gasteiger partial charge in [0.2, 0.25) is 0 Å². The smallest absolute Gasteiger partial charge is 0.124 e. The van der Waals surface area contributed by atoms with Gasteiger partial charge in [-0.25, -0.2) is 0 Å². The summed E-state index contributed by atoms with van der Waals surface area (Å²) in [6.07, 6.45) is 4.03. The monoisotopic (exact) mass is 335 g/mol. The predicted octanol–water partition coefficient (Wildman–Crippen LogP) is 4.21. The Morgan fingerprint density at radius 2 is 1.87 bits per heavy atom. The van der Waals surface area contributed by atoms with Crippen molar-refractivity contribution in [3.05, 3.63) is 42.0 Å². The maximum Gasteiger partial charge on any atom is 0.124 e. The molecule has 0 aliphatic heterocycles. The molecule has 0 unspecified atom stereocenters. The lowest BCUT2D eigenvalue weighted by Gasteiger charge is -2.27. The van der Waals surface area contributed by atoms with Gasteiger partial charge in [0.05, 0.1) is 18.8 Å². The first-order chi connectivity index (χ1) is 10.7. The largest absolute Gasteiger partial charge is 0.494 e. The predicted molar refractivity (Wildman–Crippen MR) is 97.3 cm³/mol. The Morgan fingerprint density at radius 3 is 2.57 bits per heavy atom. The fraction of sp³-hybridized carbons (Fsp3) is 0.474. The van der Waals surface area contributed by atoms with Crippen molar-refractivity contribution in [3.8, 4) is 5.75 Å².